The minimum atomic E-state index is -0.0638. The SMILES string of the molecule is COc1c(C(C)C)cc(/C=C2\C(=O)Nc3ccc(Br)cc32)cc1C(C)C. The average molecular weight is 414 g/mol. The Morgan fingerprint density at radius 2 is 1.65 bits per heavy atom. The number of fused-ring (bicyclic) bond motifs is 1. The third kappa shape index (κ3) is 3.43. The molecule has 0 aliphatic carbocycles. The van der Waals surface area contributed by atoms with Gasteiger partial charge in [0.2, 0.25) is 0 Å². The van der Waals surface area contributed by atoms with E-state index in [1.54, 1.807) is 7.11 Å². The summed E-state index contributed by atoms with van der Waals surface area (Å²) in [5.74, 6) is 1.56. The van der Waals surface area contributed by atoms with Gasteiger partial charge in [0.05, 0.1) is 7.11 Å². The van der Waals surface area contributed by atoms with Crippen LogP contribution in [0.3, 0.4) is 0 Å². The first kappa shape index (κ1) is 18.7. The Balaban J connectivity index is 2.18. The largest absolute Gasteiger partial charge is 0.496 e. The molecule has 1 aliphatic heterocycles. The van der Waals surface area contributed by atoms with Crippen molar-refractivity contribution in [2.45, 2.75) is 39.5 Å². The zero-order chi connectivity index (χ0) is 19.0. The van der Waals surface area contributed by atoms with Gasteiger partial charge in [0, 0.05) is 21.3 Å². The van der Waals surface area contributed by atoms with Gasteiger partial charge >= 0.3 is 0 Å². The fourth-order valence-corrected chi connectivity index (χ4v) is 3.71. The molecule has 26 heavy (non-hydrogen) atoms. The molecule has 1 N–H and O–H groups in total. The number of hydrogen-bond donors (Lipinski definition) is 1. The van der Waals surface area contributed by atoms with Gasteiger partial charge in [-0.2, -0.15) is 0 Å². The average Bonchev–Trinajstić information content (AvgIpc) is 2.89. The molecule has 136 valence electrons. The van der Waals surface area contributed by atoms with Crippen molar-refractivity contribution < 1.29 is 9.53 Å². The molecule has 1 heterocycles. The highest BCUT2D eigenvalue weighted by Crippen LogP contribution is 2.39. The second kappa shape index (κ2) is 7.28. The van der Waals surface area contributed by atoms with Crippen LogP contribution in [0.4, 0.5) is 5.69 Å². The van der Waals surface area contributed by atoms with Gasteiger partial charge in [0.1, 0.15) is 5.75 Å². The molecule has 0 fully saturated rings. The third-order valence-corrected chi connectivity index (χ3v) is 5.19. The monoisotopic (exact) mass is 413 g/mol. The number of nitrogens with one attached hydrogen (secondary N) is 1. The Morgan fingerprint density at radius 3 is 2.19 bits per heavy atom. The number of carbonyl (C=O) groups excluding carboxylic acids is 1. The smallest absolute Gasteiger partial charge is 0.256 e. The number of amides is 1. The molecule has 0 unspecified atom stereocenters. The summed E-state index contributed by atoms with van der Waals surface area (Å²) in [7, 11) is 1.73. The van der Waals surface area contributed by atoms with Crippen LogP contribution in [0.5, 0.6) is 5.75 Å². The summed E-state index contributed by atoms with van der Waals surface area (Å²) in [5.41, 5.74) is 5.83. The normalized spacial score (nSPS) is 14.9. The lowest BCUT2D eigenvalue weighted by atomic mass is 9.90. The highest BCUT2D eigenvalue weighted by atomic mass is 79.9. The maximum absolute atomic E-state index is 12.5. The van der Waals surface area contributed by atoms with E-state index in [-0.39, 0.29) is 5.91 Å². The van der Waals surface area contributed by atoms with Gasteiger partial charge in [-0.25, -0.2) is 0 Å². The number of ether oxygens (including phenoxy) is 1. The lowest BCUT2D eigenvalue weighted by Crippen LogP contribution is -2.04. The Hall–Kier alpha value is -2.07. The summed E-state index contributed by atoms with van der Waals surface area (Å²) in [6, 6.07) is 10.1. The lowest BCUT2D eigenvalue weighted by molar-refractivity contribution is -0.110. The van der Waals surface area contributed by atoms with E-state index >= 15 is 0 Å². The van der Waals surface area contributed by atoms with Gasteiger partial charge in [-0.15, -0.1) is 0 Å². The first-order valence-electron chi connectivity index (χ1n) is 8.86. The molecule has 0 atom stereocenters. The fraction of sp³-hybridized carbons (Fsp3) is 0.318. The number of carbonyl (C=O) groups is 1. The molecule has 2 aromatic rings. The van der Waals surface area contributed by atoms with Crippen LogP contribution in [-0.4, -0.2) is 13.0 Å². The molecule has 0 radical (unpaired) electrons. The molecular weight excluding hydrogens is 390 g/mol. The first-order valence-corrected chi connectivity index (χ1v) is 9.66. The Labute approximate surface area is 163 Å². The minimum Gasteiger partial charge on any atom is -0.496 e. The van der Waals surface area contributed by atoms with Crippen LogP contribution in [0.1, 0.15) is 61.8 Å². The van der Waals surface area contributed by atoms with Gasteiger partial charge in [-0.1, -0.05) is 43.6 Å². The van der Waals surface area contributed by atoms with Crippen molar-refractivity contribution in [2.24, 2.45) is 0 Å². The van der Waals surface area contributed by atoms with E-state index in [0.29, 0.717) is 17.4 Å². The highest BCUT2D eigenvalue weighted by molar-refractivity contribution is 9.10. The summed E-state index contributed by atoms with van der Waals surface area (Å²) in [6.45, 7) is 8.64. The van der Waals surface area contributed by atoms with E-state index in [4.69, 9.17) is 4.74 Å². The van der Waals surface area contributed by atoms with Crippen LogP contribution in [0, 0.1) is 0 Å². The van der Waals surface area contributed by atoms with Crippen LogP contribution in [0.25, 0.3) is 11.6 Å². The Kier molecular flexibility index (Phi) is 5.24. The number of benzene rings is 2. The van der Waals surface area contributed by atoms with Gasteiger partial charge in [0.15, 0.2) is 0 Å². The maximum atomic E-state index is 12.5. The van der Waals surface area contributed by atoms with Crippen LogP contribution in [0.15, 0.2) is 34.8 Å². The topological polar surface area (TPSA) is 38.3 Å². The van der Waals surface area contributed by atoms with E-state index in [2.05, 4.69) is 61.1 Å². The van der Waals surface area contributed by atoms with Crippen LogP contribution in [0.2, 0.25) is 0 Å². The van der Waals surface area contributed by atoms with E-state index < -0.39 is 0 Å². The molecule has 1 aliphatic rings. The number of halogens is 1. The molecule has 0 spiro atoms. The molecule has 2 aromatic carbocycles. The van der Waals surface area contributed by atoms with Crippen LogP contribution in [-0.2, 0) is 4.79 Å². The van der Waals surface area contributed by atoms with Crippen molar-refractivity contribution in [3.63, 3.8) is 0 Å². The Bertz CT molecular complexity index is 868. The molecule has 0 saturated carbocycles. The molecule has 3 rings (SSSR count). The van der Waals surface area contributed by atoms with Crippen molar-refractivity contribution in [1.29, 1.82) is 0 Å². The van der Waals surface area contributed by atoms with Crippen molar-refractivity contribution in [3.05, 3.63) is 57.1 Å². The second-order valence-electron chi connectivity index (χ2n) is 7.24. The quantitative estimate of drug-likeness (QED) is 0.606. The lowest BCUT2D eigenvalue weighted by Gasteiger charge is -2.19. The van der Waals surface area contributed by atoms with Gasteiger partial charge < -0.3 is 10.1 Å². The predicted molar refractivity (Wildman–Crippen MR) is 112 cm³/mol. The summed E-state index contributed by atoms with van der Waals surface area (Å²) >= 11 is 3.50. The summed E-state index contributed by atoms with van der Waals surface area (Å²) in [5, 5.41) is 2.94. The number of hydrogen-bond acceptors (Lipinski definition) is 2. The number of rotatable bonds is 4. The second-order valence-corrected chi connectivity index (χ2v) is 8.16. The highest BCUT2D eigenvalue weighted by Gasteiger charge is 2.25. The predicted octanol–water partition coefficient (Wildman–Crippen LogP) is 6.20. The van der Waals surface area contributed by atoms with Gasteiger partial charge in [-0.3, -0.25) is 4.79 Å². The molecule has 3 nitrogen and oxygen atoms in total. The zero-order valence-corrected chi connectivity index (χ0v) is 17.4. The molecule has 4 heteroatoms. The maximum Gasteiger partial charge on any atom is 0.256 e. The first-order chi connectivity index (χ1) is 12.3. The molecule has 0 bridgehead atoms. The van der Waals surface area contributed by atoms with Gasteiger partial charge in [-0.05, 0) is 64.9 Å². The van der Waals surface area contributed by atoms with E-state index in [1.807, 2.05) is 24.3 Å². The zero-order valence-electron chi connectivity index (χ0n) is 15.8. The standard InChI is InChI=1S/C22H24BrNO2/c1-12(2)16-8-14(9-17(13(3)4)21(16)26-5)10-19-18-11-15(23)6-7-20(18)24-22(19)25/h6-13H,1-5H3,(H,24,25)/b19-10-. The third-order valence-electron chi connectivity index (χ3n) is 4.69. The van der Waals surface area contributed by atoms with E-state index in [9.17, 15) is 4.79 Å². The minimum absolute atomic E-state index is 0.0638. The number of methoxy groups -OCH3 is 1. The van der Waals surface area contributed by atoms with Crippen molar-refractivity contribution in [1.82, 2.24) is 0 Å². The van der Waals surface area contributed by atoms with E-state index in [1.165, 1.54) is 11.1 Å². The van der Waals surface area contributed by atoms with E-state index in [0.717, 1.165) is 27.0 Å². The summed E-state index contributed by atoms with van der Waals surface area (Å²) < 4.78 is 6.67. The number of anilines is 1. The van der Waals surface area contributed by atoms with Crippen molar-refractivity contribution in [3.8, 4) is 5.75 Å². The molecular formula is C22H24BrNO2. The van der Waals surface area contributed by atoms with Crippen molar-refractivity contribution in [2.75, 3.05) is 12.4 Å². The van der Waals surface area contributed by atoms with Gasteiger partial charge in [0.25, 0.3) is 5.91 Å². The molecule has 0 aromatic heterocycles. The molecule has 1 amide bonds. The van der Waals surface area contributed by atoms with Crippen LogP contribution < -0.4 is 10.1 Å². The van der Waals surface area contributed by atoms with Crippen LogP contribution >= 0.6 is 15.9 Å². The Morgan fingerprint density at radius 1 is 1.04 bits per heavy atom. The molecule has 0 saturated heterocycles. The van der Waals surface area contributed by atoms with Crippen molar-refractivity contribution >= 4 is 39.2 Å². The summed E-state index contributed by atoms with van der Waals surface area (Å²) in [4.78, 5) is 12.5. The fourth-order valence-electron chi connectivity index (χ4n) is 3.35. The summed E-state index contributed by atoms with van der Waals surface area (Å²) in [6.07, 6.45) is 1.98.